The van der Waals surface area contributed by atoms with Crippen LogP contribution in [0.25, 0.3) is 0 Å². The van der Waals surface area contributed by atoms with Crippen molar-refractivity contribution in [3.63, 3.8) is 0 Å². The summed E-state index contributed by atoms with van der Waals surface area (Å²) in [4.78, 5) is 24.3. The van der Waals surface area contributed by atoms with Gasteiger partial charge in [0.05, 0.1) is 42.6 Å². The minimum atomic E-state index is -0.528. The minimum Gasteiger partial charge on any atom is -0.465 e. The van der Waals surface area contributed by atoms with Crippen LogP contribution in [0.5, 0.6) is 0 Å². The Labute approximate surface area is 127 Å². The van der Waals surface area contributed by atoms with Crippen LogP contribution in [0.15, 0.2) is 18.2 Å². The topological polar surface area (TPSA) is 91.1 Å². The molecule has 0 saturated carbocycles. The summed E-state index contributed by atoms with van der Waals surface area (Å²) in [7, 11) is 2.86. The summed E-state index contributed by atoms with van der Waals surface area (Å²) in [6.07, 6.45) is -0.150. The maximum atomic E-state index is 11.9. The highest BCUT2D eigenvalue weighted by molar-refractivity contribution is 5.96. The molecule has 0 aliphatic carbocycles. The molecule has 0 unspecified atom stereocenters. The highest BCUT2D eigenvalue weighted by Gasteiger charge is 2.26. The molecule has 0 bridgehead atoms. The van der Waals surface area contributed by atoms with Crippen LogP contribution in [0, 0.1) is 10.1 Å². The highest BCUT2D eigenvalue weighted by Crippen LogP contribution is 2.28. The van der Waals surface area contributed by atoms with Crippen molar-refractivity contribution in [1.82, 2.24) is 0 Å². The third-order valence-corrected chi connectivity index (χ3v) is 3.43. The fourth-order valence-electron chi connectivity index (χ4n) is 2.40. The van der Waals surface area contributed by atoms with E-state index in [0.717, 1.165) is 0 Å². The van der Waals surface area contributed by atoms with Crippen molar-refractivity contribution in [2.24, 2.45) is 0 Å². The molecule has 0 N–H and O–H groups in total. The molecule has 1 atom stereocenters. The number of nitrogens with zero attached hydrogens (tertiary/aromatic N) is 2. The zero-order valence-electron chi connectivity index (χ0n) is 12.5. The molecule has 1 aromatic carbocycles. The van der Waals surface area contributed by atoms with E-state index in [4.69, 9.17) is 14.2 Å². The summed E-state index contributed by atoms with van der Waals surface area (Å²) in [5.41, 5.74) is 0.703. The molecule has 1 saturated heterocycles. The van der Waals surface area contributed by atoms with Crippen molar-refractivity contribution in [1.29, 1.82) is 0 Å². The number of esters is 1. The first kappa shape index (κ1) is 16.2. The van der Waals surface area contributed by atoms with Crippen LogP contribution >= 0.6 is 0 Å². The standard InChI is InChI=1S/C14H18N2O6/c1-20-9-11-8-15(5-6-22-11)13-7-10(16(18)19)3-4-12(13)14(17)21-2/h3-4,7,11H,5-6,8-9H2,1-2H3/t11-/m1/s1. The maximum Gasteiger partial charge on any atom is 0.339 e. The Hall–Kier alpha value is -2.19. The number of morpholine rings is 1. The van der Waals surface area contributed by atoms with Gasteiger partial charge in [0.2, 0.25) is 0 Å². The van der Waals surface area contributed by atoms with E-state index in [1.807, 2.05) is 4.90 Å². The Kier molecular flexibility index (Phi) is 5.29. The Morgan fingerprint density at radius 3 is 2.91 bits per heavy atom. The number of nitro groups is 1. The number of hydrogen-bond donors (Lipinski definition) is 0. The number of benzene rings is 1. The number of hydrogen-bond acceptors (Lipinski definition) is 7. The third-order valence-electron chi connectivity index (χ3n) is 3.43. The third kappa shape index (κ3) is 3.52. The first-order valence-electron chi connectivity index (χ1n) is 6.79. The average molecular weight is 310 g/mol. The van der Waals surface area contributed by atoms with Crippen molar-refractivity contribution < 1.29 is 23.9 Å². The normalized spacial score (nSPS) is 18.1. The molecule has 0 aromatic heterocycles. The number of anilines is 1. The van der Waals surface area contributed by atoms with E-state index in [0.29, 0.717) is 37.6 Å². The van der Waals surface area contributed by atoms with Gasteiger partial charge < -0.3 is 19.1 Å². The number of methoxy groups -OCH3 is 2. The van der Waals surface area contributed by atoms with Crippen LogP contribution in [0.4, 0.5) is 11.4 Å². The molecular formula is C14H18N2O6. The van der Waals surface area contributed by atoms with Gasteiger partial charge in [0.25, 0.3) is 5.69 Å². The van der Waals surface area contributed by atoms with Crippen LogP contribution in [0.3, 0.4) is 0 Å². The molecular weight excluding hydrogens is 292 g/mol. The SMILES string of the molecule is COC[C@H]1CN(c2cc([N+](=O)[O-])ccc2C(=O)OC)CCO1. The molecule has 1 heterocycles. The summed E-state index contributed by atoms with van der Waals surface area (Å²) in [6.45, 7) is 1.89. The van der Waals surface area contributed by atoms with Gasteiger partial charge in [-0.05, 0) is 6.07 Å². The molecule has 8 nitrogen and oxygen atoms in total. The molecule has 0 amide bonds. The Morgan fingerprint density at radius 2 is 2.27 bits per heavy atom. The van der Waals surface area contributed by atoms with Crippen LogP contribution in [0.1, 0.15) is 10.4 Å². The molecule has 1 aliphatic rings. The van der Waals surface area contributed by atoms with E-state index in [-0.39, 0.29) is 11.8 Å². The molecule has 120 valence electrons. The zero-order valence-corrected chi connectivity index (χ0v) is 12.5. The Balaban J connectivity index is 2.35. The van der Waals surface area contributed by atoms with E-state index in [2.05, 4.69) is 0 Å². The lowest BCUT2D eigenvalue weighted by Crippen LogP contribution is -2.45. The Bertz CT molecular complexity index is 560. The first-order chi connectivity index (χ1) is 10.6. The fraction of sp³-hybridized carbons (Fsp3) is 0.500. The fourth-order valence-corrected chi connectivity index (χ4v) is 2.40. The first-order valence-corrected chi connectivity index (χ1v) is 6.79. The van der Waals surface area contributed by atoms with Gasteiger partial charge in [0.1, 0.15) is 0 Å². The number of nitro benzene ring substituents is 1. The van der Waals surface area contributed by atoms with Gasteiger partial charge in [-0.1, -0.05) is 0 Å². The van der Waals surface area contributed by atoms with Crippen molar-refractivity contribution in [3.05, 3.63) is 33.9 Å². The zero-order chi connectivity index (χ0) is 16.1. The van der Waals surface area contributed by atoms with E-state index in [1.165, 1.54) is 25.3 Å². The number of carbonyl (C=O) groups is 1. The molecule has 1 fully saturated rings. The minimum absolute atomic E-state index is 0.0718. The quantitative estimate of drug-likeness (QED) is 0.459. The summed E-state index contributed by atoms with van der Waals surface area (Å²) >= 11 is 0. The number of ether oxygens (including phenoxy) is 3. The molecule has 1 aliphatic heterocycles. The van der Waals surface area contributed by atoms with Crippen LogP contribution in [0.2, 0.25) is 0 Å². The van der Waals surface area contributed by atoms with Gasteiger partial charge in [0.15, 0.2) is 0 Å². The lowest BCUT2D eigenvalue weighted by atomic mass is 10.1. The second kappa shape index (κ2) is 7.19. The molecule has 8 heteroatoms. The number of carbonyl (C=O) groups excluding carboxylic acids is 1. The smallest absolute Gasteiger partial charge is 0.339 e. The highest BCUT2D eigenvalue weighted by atomic mass is 16.6. The van der Waals surface area contributed by atoms with E-state index < -0.39 is 10.9 Å². The van der Waals surface area contributed by atoms with Crippen molar-refractivity contribution >= 4 is 17.3 Å². The summed E-state index contributed by atoms with van der Waals surface area (Å²) in [5.74, 6) is -0.528. The van der Waals surface area contributed by atoms with Crippen LogP contribution < -0.4 is 4.90 Å². The van der Waals surface area contributed by atoms with Gasteiger partial charge in [0, 0.05) is 32.3 Å². The van der Waals surface area contributed by atoms with Crippen molar-refractivity contribution in [2.45, 2.75) is 6.10 Å². The average Bonchev–Trinajstić information content (AvgIpc) is 2.54. The second-order valence-electron chi connectivity index (χ2n) is 4.84. The van der Waals surface area contributed by atoms with Gasteiger partial charge >= 0.3 is 5.97 Å². The molecule has 2 rings (SSSR count). The largest absolute Gasteiger partial charge is 0.465 e. The van der Waals surface area contributed by atoms with Gasteiger partial charge in [-0.3, -0.25) is 10.1 Å². The predicted molar refractivity (Wildman–Crippen MR) is 78.3 cm³/mol. The molecule has 1 aromatic rings. The van der Waals surface area contributed by atoms with E-state index in [1.54, 1.807) is 7.11 Å². The number of non-ortho nitro benzene ring substituents is 1. The monoisotopic (exact) mass is 310 g/mol. The maximum absolute atomic E-state index is 11.9. The lowest BCUT2D eigenvalue weighted by molar-refractivity contribution is -0.384. The van der Waals surface area contributed by atoms with Crippen LogP contribution in [-0.2, 0) is 14.2 Å². The summed E-state index contributed by atoms with van der Waals surface area (Å²) in [6, 6.07) is 4.10. The van der Waals surface area contributed by atoms with Crippen molar-refractivity contribution in [3.8, 4) is 0 Å². The summed E-state index contributed by atoms with van der Waals surface area (Å²) in [5, 5.41) is 11.0. The van der Waals surface area contributed by atoms with E-state index in [9.17, 15) is 14.9 Å². The predicted octanol–water partition coefficient (Wildman–Crippen LogP) is 1.23. The molecule has 0 spiro atoms. The molecule has 22 heavy (non-hydrogen) atoms. The molecule has 0 radical (unpaired) electrons. The van der Waals surface area contributed by atoms with E-state index >= 15 is 0 Å². The number of rotatable bonds is 5. The second-order valence-corrected chi connectivity index (χ2v) is 4.84. The summed E-state index contributed by atoms with van der Waals surface area (Å²) < 4.78 is 15.4. The lowest BCUT2D eigenvalue weighted by Gasteiger charge is -2.34. The van der Waals surface area contributed by atoms with Gasteiger partial charge in [-0.25, -0.2) is 4.79 Å². The Morgan fingerprint density at radius 1 is 1.50 bits per heavy atom. The van der Waals surface area contributed by atoms with Crippen molar-refractivity contribution in [2.75, 3.05) is 45.4 Å². The van der Waals surface area contributed by atoms with Gasteiger partial charge in [-0.2, -0.15) is 0 Å². The van der Waals surface area contributed by atoms with Crippen LogP contribution in [-0.4, -0.2) is 57.5 Å². The van der Waals surface area contributed by atoms with Gasteiger partial charge in [-0.15, -0.1) is 0 Å².